The Labute approximate surface area is 102 Å². The molecule has 0 amide bonds. The minimum atomic E-state index is -3.74. The molecule has 7 heteroatoms. The third kappa shape index (κ3) is 3.24. The van der Waals surface area contributed by atoms with E-state index in [2.05, 4.69) is 20.7 Å². The summed E-state index contributed by atoms with van der Waals surface area (Å²) in [4.78, 5) is -0.0609. The number of sulfonamides is 1. The molecule has 1 atom stereocenters. The van der Waals surface area contributed by atoms with Gasteiger partial charge in [-0.2, -0.15) is 0 Å². The fraction of sp³-hybridized carbons (Fsp3) is 0.333. The Bertz CT molecular complexity index is 478. The van der Waals surface area contributed by atoms with Gasteiger partial charge in [-0.15, -0.1) is 0 Å². The van der Waals surface area contributed by atoms with Crippen molar-refractivity contribution in [3.8, 4) is 0 Å². The summed E-state index contributed by atoms with van der Waals surface area (Å²) in [5.74, 6) is -0.527. The number of aliphatic hydroxyl groups is 1. The van der Waals surface area contributed by atoms with Gasteiger partial charge in [0.2, 0.25) is 10.0 Å². The van der Waals surface area contributed by atoms with Gasteiger partial charge >= 0.3 is 0 Å². The van der Waals surface area contributed by atoms with Crippen molar-refractivity contribution in [3.63, 3.8) is 0 Å². The first kappa shape index (κ1) is 13.6. The highest BCUT2D eigenvalue weighted by Crippen LogP contribution is 2.22. The molecule has 1 aromatic rings. The van der Waals surface area contributed by atoms with Crippen molar-refractivity contribution in [2.45, 2.75) is 17.9 Å². The third-order valence-electron chi connectivity index (χ3n) is 1.81. The number of hydrogen-bond donors (Lipinski definition) is 2. The van der Waals surface area contributed by atoms with Gasteiger partial charge in [0.05, 0.1) is 11.5 Å². The zero-order valence-corrected chi connectivity index (χ0v) is 10.8. The first-order valence-electron chi connectivity index (χ1n) is 4.45. The molecule has 4 nitrogen and oxygen atoms in total. The van der Waals surface area contributed by atoms with E-state index < -0.39 is 21.9 Å². The van der Waals surface area contributed by atoms with Gasteiger partial charge in [-0.05, 0) is 41.1 Å². The zero-order valence-electron chi connectivity index (χ0n) is 8.44. The van der Waals surface area contributed by atoms with Gasteiger partial charge < -0.3 is 5.11 Å². The Morgan fingerprint density at radius 3 is 2.69 bits per heavy atom. The van der Waals surface area contributed by atoms with Crippen LogP contribution in [-0.2, 0) is 10.0 Å². The maximum Gasteiger partial charge on any atom is 0.242 e. The minimum absolute atomic E-state index is 0.0609. The van der Waals surface area contributed by atoms with E-state index in [4.69, 9.17) is 5.11 Å². The minimum Gasteiger partial charge on any atom is -0.395 e. The van der Waals surface area contributed by atoms with Crippen LogP contribution in [0.3, 0.4) is 0 Å². The highest BCUT2D eigenvalue weighted by molar-refractivity contribution is 9.10. The topological polar surface area (TPSA) is 66.4 Å². The van der Waals surface area contributed by atoms with Crippen molar-refractivity contribution >= 4 is 26.0 Å². The molecule has 0 heterocycles. The summed E-state index contributed by atoms with van der Waals surface area (Å²) in [7, 11) is -3.74. The molecule has 0 radical (unpaired) electrons. The molecule has 2 N–H and O–H groups in total. The van der Waals surface area contributed by atoms with E-state index in [-0.39, 0.29) is 16.0 Å². The van der Waals surface area contributed by atoms with Crippen LogP contribution in [0.1, 0.15) is 6.92 Å². The summed E-state index contributed by atoms with van der Waals surface area (Å²) >= 11 is 2.97. The monoisotopic (exact) mass is 311 g/mol. The fourth-order valence-electron chi connectivity index (χ4n) is 1.06. The summed E-state index contributed by atoms with van der Waals surface area (Å²) in [6, 6.07) is 2.69. The molecule has 0 aromatic heterocycles. The second-order valence-electron chi connectivity index (χ2n) is 3.28. The molecule has 0 saturated carbocycles. The fourth-order valence-corrected chi connectivity index (χ4v) is 3.34. The standard InChI is InChI=1S/C9H11BrFNO3S/c1-6(5-13)12-16(14,15)9-3-2-7(11)4-8(9)10/h2-4,6,12-13H,5H2,1H3/t6-/m0/s1. The normalized spacial score (nSPS) is 13.8. The Morgan fingerprint density at radius 2 is 2.19 bits per heavy atom. The lowest BCUT2D eigenvalue weighted by atomic mass is 10.3. The van der Waals surface area contributed by atoms with Crippen molar-refractivity contribution in [1.82, 2.24) is 4.72 Å². The van der Waals surface area contributed by atoms with Crippen LogP contribution in [0.25, 0.3) is 0 Å². The van der Waals surface area contributed by atoms with E-state index in [9.17, 15) is 12.8 Å². The predicted octanol–water partition coefficient (Wildman–Crippen LogP) is 1.25. The number of nitrogens with one attached hydrogen (secondary N) is 1. The van der Waals surface area contributed by atoms with Gasteiger partial charge in [0.15, 0.2) is 0 Å². The van der Waals surface area contributed by atoms with Crippen molar-refractivity contribution in [3.05, 3.63) is 28.5 Å². The number of hydrogen-bond acceptors (Lipinski definition) is 3. The highest BCUT2D eigenvalue weighted by atomic mass is 79.9. The Balaban J connectivity index is 3.08. The average molecular weight is 312 g/mol. The van der Waals surface area contributed by atoms with E-state index >= 15 is 0 Å². The lowest BCUT2D eigenvalue weighted by Gasteiger charge is -2.12. The first-order valence-corrected chi connectivity index (χ1v) is 6.72. The van der Waals surface area contributed by atoms with Gasteiger partial charge in [-0.1, -0.05) is 0 Å². The molecule has 1 aromatic carbocycles. The van der Waals surface area contributed by atoms with Crippen LogP contribution in [0.5, 0.6) is 0 Å². The second kappa shape index (κ2) is 5.22. The van der Waals surface area contributed by atoms with Crippen molar-refractivity contribution in [1.29, 1.82) is 0 Å². The molecule has 0 aliphatic heterocycles. The summed E-state index contributed by atoms with van der Waals surface area (Å²) in [5.41, 5.74) is 0. The smallest absolute Gasteiger partial charge is 0.242 e. The van der Waals surface area contributed by atoms with Crippen molar-refractivity contribution in [2.24, 2.45) is 0 Å². The van der Waals surface area contributed by atoms with Crippen LogP contribution in [0.15, 0.2) is 27.6 Å². The van der Waals surface area contributed by atoms with Crippen LogP contribution in [0.2, 0.25) is 0 Å². The van der Waals surface area contributed by atoms with E-state index in [1.54, 1.807) is 0 Å². The lowest BCUT2D eigenvalue weighted by Crippen LogP contribution is -2.35. The quantitative estimate of drug-likeness (QED) is 0.879. The highest BCUT2D eigenvalue weighted by Gasteiger charge is 2.19. The molecular formula is C9H11BrFNO3S. The number of aliphatic hydroxyl groups excluding tert-OH is 1. The van der Waals surface area contributed by atoms with E-state index in [0.29, 0.717) is 0 Å². The summed E-state index contributed by atoms with van der Waals surface area (Å²) in [6.07, 6.45) is 0. The molecular weight excluding hydrogens is 301 g/mol. The van der Waals surface area contributed by atoms with Gasteiger partial charge in [0.1, 0.15) is 5.82 Å². The van der Waals surface area contributed by atoms with Crippen molar-refractivity contribution < 1.29 is 17.9 Å². The molecule has 0 spiro atoms. The number of halogens is 2. The Hall–Kier alpha value is -0.500. The second-order valence-corrected chi connectivity index (χ2v) is 5.82. The summed E-state index contributed by atoms with van der Waals surface area (Å²) in [5, 5.41) is 8.76. The van der Waals surface area contributed by atoms with Crippen LogP contribution in [0.4, 0.5) is 4.39 Å². The largest absolute Gasteiger partial charge is 0.395 e. The van der Waals surface area contributed by atoms with Crippen molar-refractivity contribution in [2.75, 3.05) is 6.61 Å². The van der Waals surface area contributed by atoms with Crippen LogP contribution < -0.4 is 4.72 Å². The Kier molecular flexibility index (Phi) is 4.43. The molecule has 0 fully saturated rings. The molecule has 90 valence electrons. The average Bonchev–Trinajstić information content (AvgIpc) is 2.16. The van der Waals surface area contributed by atoms with Crippen LogP contribution in [0, 0.1) is 5.82 Å². The molecule has 0 aliphatic rings. The van der Waals surface area contributed by atoms with Gasteiger partial charge in [0.25, 0.3) is 0 Å². The third-order valence-corrected chi connectivity index (χ3v) is 4.38. The molecule has 16 heavy (non-hydrogen) atoms. The van der Waals surface area contributed by atoms with Crippen LogP contribution in [-0.4, -0.2) is 26.2 Å². The van der Waals surface area contributed by atoms with E-state index in [1.807, 2.05) is 0 Å². The van der Waals surface area contributed by atoms with Gasteiger partial charge in [-0.3, -0.25) is 0 Å². The maximum absolute atomic E-state index is 12.8. The Morgan fingerprint density at radius 1 is 1.56 bits per heavy atom. The number of benzene rings is 1. The van der Waals surface area contributed by atoms with E-state index in [0.717, 1.165) is 18.2 Å². The molecule has 0 bridgehead atoms. The predicted molar refractivity (Wildman–Crippen MR) is 61.0 cm³/mol. The summed E-state index contributed by atoms with van der Waals surface area (Å²) < 4.78 is 38.7. The summed E-state index contributed by atoms with van der Waals surface area (Å²) in [6.45, 7) is 1.22. The van der Waals surface area contributed by atoms with Gasteiger partial charge in [0, 0.05) is 10.5 Å². The molecule has 1 rings (SSSR count). The number of rotatable bonds is 4. The SMILES string of the molecule is C[C@@H](CO)NS(=O)(=O)c1ccc(F)cc1Br. The molecule has 0 saturated heterocycles. The first-order chi connectivity index (χ1) is 7.36. The van der Waals surface area contributed by atoms with E-state index in [1.165, 1.54) is 6.92 Å². The molecule has 0 unspecified atom stereocenters. The van der Waals surface area contributed by atoms with Crippen LogP contribution >= 0.6 is 15.9 Å². The molecule has 0 aliphatic carbocycles. The van der Waals surface area contributed by atoms with Gasteiger partial charge in [-0.25, -0.2) is 17.5 Å². The lowest BCUT2D eigenvalue weighted by molar-refractivity contribution is 0.265. The zero-order chi connectivity index (χ0) is 12.3. The maximum atomic E-state index is 12.8.